The number of aliphatic hydroxyl groups excluding tert-OH is 1. The van der Waals surface area contributed by atoms with Crippen LogP contribution in [0.25, 0.3) is 11.2 Å². The Bertz CT molecular complexity index is 806. The third-order valence-corrected chi connectivity index (χ3v) is 4.07. The van der Waals surface area contributed by atoms with Crippen molar-refractivity contribution >= 4 is 24.8 Å². The molecule has 3 rings (SSSR count). The molecule has 1 fully saturated rings. The lowest BCUT2D eigenvalue weighted by Crippen LogP contribution is -2.55. The quantitative estimate of drug-likeness (QED) is 0.244. The minimum absolute atomic E-state index is 0.0824. The van der Waals surface area contributed by atoms with Crippen LogP contribution >= 0.6 is 7.82 Å². The lowest BCUT2D eigenvalue weighted by Gasteiger charge is -2.29. The van der Waals surface area contributed by atoms with Gasteiger partial charge in [0.15, 0.2) is 23.4 Å². The van der Waals surface area contributed by atoms with Gasteiger partial charge in [0.05, 0.1) is 12.9 Å². The number of anilines is 1. The molecule has 1 aliphatic heterocycles. The normalized spacial score (nSPS) is 31.0. The summed E-state index contributed by atoms with van der Waals surface area (Å²) in [4.78, 5) is 29.7. The lowest BCUT2D eigenvalue weighted by molar-refractivity contribution is -0.102. The number of aliphatic hydroxyl groups is 2. The van der Waals surface area contributed by atoms with E-state index in [4.69, 9.17) is 26.0 Å². The van der Waals surface area contributed by atoms with Gasteiger partial charge in [-0.2, -0.15) is 0 Å². The number of fused-ring (bicyclic) bond motifs is 1. The number of hydrogen-bond acceptors (Lipinski definition) is 10. The van der Waals surface area contributed by atoms with Crippen molar-refractivity contribution < 1.29 is 33.8 Å². The molecule has 3 heterocycles. The van der Waals surface area contributed by atoms with E-state index in [9.17, 15) is 14.8 Å². The molecule has 2 aromatic heterocycles. The first kappa shape index (κ1) is 17.1. The van der Waals surface area contributed by atoms with Crippen LogP contribution in [-0.4, -0.2) is 64.1 Å². The Morgan fingerprint density at radius 1 is 1.42 bits per heavy atom. The van der Waals surface area contributed by atoms with Crippen LogP contribution < -0.4 is 11.5 Å². The Labute approximate surface area is 134 Å². The molecule has 0 aromatic carbocycles. The molecule has 0 saturated carbocycles. The van der Waals surface area contributed by atoms with Crippen LogP contribution in [0.15, 0.2) is 12.7 Å². The molecular weight excluding hydrogens is 347 g/mol. The van der Waals surface area contributed by atoms with Crippen molar-refractivity contribution in [2.45, 2.75) is 24.2 Å². The van der Waals surface area contributed by atoms with Gasteiger partial charge in [0.1, 0.15) is 24.1 Å². The van der Waals surface area contributed by atoms with Crippen LogP contribution in [-0.2, 0) is 13.8 Å². The first-order valence-electron chi connectivity index (χ1n) is 6.59. The molecule has 4 atom stereocenters. The molecule has 0 bridgehead atoms. The van der Waals surface area contributed by atoms with Gasteiger partial charge in [0.2, 0.25) is 0 Å². The minimum Gasteiger partial charge on any atom is -0.394 e. The molecule has 0 radical (unpaired) electrons. The summed E-state index contributed by atoms with van der Waals surface area (Å²) in [5.41, 5.74) is 9.45. The fraction of sp³-hybridized carbons (Fsp3) is 0.500. The minimum atomic E-state index is -5.01. The Morgan fingerprint density at radius 3 is 2.75 bits per heavy atom. The second-order valence-corrected chi connectivity index (χ2v) is 6.39. The van der Waals surface area contributed by atoms with Gasteiger partial charge in [-0.25, -0.2) is 19.5 Å². The Kier molecular flexibility index (Phi) is 4.06. The largest absolute Gasteiger partial charge is 0.470 e. The number of ether oxygens (including phenoxy) is 1. The first-order valence-corrected chi connectivity index (χ1v) is 8.12. The van der Waals surface area contributed by atoms with Crippen molar-refractivity contribution in [2.75, 3.05) is 12.3 Å². The Balaban J connectivity index is 2.04. The van der Waals surface area contributed by atoms with E-state index in [0.717, 1.165) is 6.33 Å². The van der Waals surface area contributed by atoms with E-state index in [2.05, 4.69) is 19.5 Å². The Morgan fingerprint density at radius 2 is 2.12 bits per heavy atom. The molecule has 0 amide bonds. The average Bonchev–Trinajstić information content (AvgIpc) is 2.99. The summed E-state index contributed by atoms with van der Waals surface area (Å²) in [5.74, 6) is 0.0824. The van der Waals surface area contributed by atoms with Crippen molar-refractivity contribution in [3.8, 4) is 0 Å². The molecule has 8 N–H and O–H groups in total. The highest BCUT2D eigenvalue weighted by molar-refractivity contribution is 7.46. The molecule has 14 heteroatoms. The maximum Gasteiger partial charge on any atom is 0.470 e. The highest BCUT2D eigenvalue weighted by Crippen LogP contribution is 2.46. The monoisotopic (exact) mass is 362 g/mol. The molecule has 2 aromatic rings. The summed E-state index contributed by atoms with van der Waals surface area (Å²) in [5, 5.41) is 19.9. The van der Waals surface area contributed by atoms with Crippen molar-refractivity contribution in [1.29, 1.82) is 0 Å². The van der Waals surface area contributed by atoms with Gasteiger partial charge in [0, 0.05) is 0 Å². The van der Waals surface area contributed by atoms with Gasteiger partial charge in [0.25, 0.3) is 0 Å². The Hall–Kier alpha value is -1.70. The average molecular weight is 362 g/mol. The third kappa shape index (κ3) is 2.76. The highest BCUT2D eigenvalue weighted by Gasteiger charge is 2.57. The lowest BCUT2D eigenvalue weighted by atomic mass is 10.1. The maximum atomic E-state index is 11.1. The molecular formula is C10H15N6O7P. The standard InChI is InChI=1S/C10H15N6O7P/c11-7-5-8(14-2-13-7)16(3-15-5)9-10(12,18)6(4(1-17)22-9)23-24(19,20)21/h2-4,6,9,17-18H,1,12H2,(H2,11,13,14)(H2,19,20,21)/t4-,6-,9-,10-/m1/s1. The third-order valence-electron chi connectivity index (χ3n) is 3.56. The van der Waals surface area contributed by atoms with E-state index < -0.39 is 38.6 Å². The zero-order valence-electron chi connectivity index (χ0n) is 12.0. The zero-order valence-corrected chi connectivity index (χ0v) is 12.9. The van der Waals surface area contributed by atoms with Gasteiger partial charge in [-0.3, -0.25) is 14.8 Å². The second kappa shape index (κ2) is 5.68. The van der Waals surface area contributed by atoms with E-state index >= 15 is 0 Å². The van der Waals surface area contributed by atoms with Crippen molar-refractivity contribution in [3.63, 3.8) is 0 Å². The number of rotatable bonds is 4. The smallest absolute Gasteiger partial charge is 0.394 e. The number of hydrogen-bond donors (Lipinski definition) is 6. The number of phosphoric acid groups is 1. The fourth-order valence-corrected chi connectivity index (χ4v) is 3.15. The van der Waals surface area contributed by atoms with Gasteiger partial charge in [-0.15, -0.1) is 0 Å². The predicted molar refractivity (Wildman–Crippen MR) is 76.8 cm³/mol. The first-order chi connectivity index (χ1) is 11.1. The van der Waals surface area contributed by atoms with Crippen molar-refractivity contribution in [2.24, 2.45) is 5.73 Å². The summed E-state index contributed by atoms with van der Waals surface area (Å²) in [7, 11) is -5.01. The number of imidazole rings is 1. The summed E-state index contributed by atoms with van der Waals surface area (Å²) in [6.45, 7) is -0.704. The number of nitrogen functional groups attached to an aromatic ring is 1. The topological polar surface area (TPSA) is 212 Å². The molecule has 132 valence electrons. The maximum absolute atomic E-state index is 11.1. The summed E-state index contributed by atoms with van der Waals surface area (Å²) in [6.07, 6.45) is -2.02. The molecule has 13 nitrogen and oxygen atoms in total. The number of nitrogens with two attached hydrogens (primary N) is 2. The van der Waals surface area contributed by atoms with Crippen LogP contribution in [0.2, 0.25) is 0 Å². The van der Waals surface area contributed by atoms with Crippen LogP contribution in [0.4, 0.5) is 5.82 Å². The predicted octanol–water partition coefficient (Wildman–Crippen LogP) is -2.58. The summed E-state index contributed by atoms with van der Waals surface area (Å²) < 4.78 is 22.2. The van der Waals surface area contributed by atoms with E-state index in [-0.39, 0.29) is 17.0 Å². The summed E-state index contributed by atoms with van der Waals surface area (Å²) >= 11 is 0. The zero-order chi connectivity index (χ0) is 17.7. The molecule has 0 spiro atoms. The second-order valence-electron chi connectivity index (χ2n) is 5.20. The molecule has 1 saturated heterocycles. The number of aromatic nitrogens is 4. The van der Waals surface area contributed by atoms with E-state index in [0.29, 0.717) is 0 Å². The molecule has 1 aliphatic rings. The van der Waals surface area contributed by atoms with E-state index in [1.54, 1.807) is 0 Å². The fourth-order valence-electron chi connectivity index (χ4n) is 2.55. The molecule has 0 aliphatic carbocycles. The van der Waals surface area contributed by atoms with Gasteiger partial charge in [-0.05, 0) is 0 Å². The molecule has 24 heavy (non-hydrogen) atoms. The van der Waals surface area contributed by atoms with E-state index in [1.807, 2.05) is 0 Å². The summed E-state index contributed by atoms with van der Waals surface area (Å²) in [6, 6.07) is 0. The molecule has 0 unspecified atom stereocenters. The highest BCUT2D eigenvalue weighted by atomic mass is 31.2. The number of nitrogens with zero attached hydrogens (tertiary/aromatic N) is 4. The van der Waals surface area contributed by atoms with Gasteiger partial charge >= 0.3 is 7.82 Å². The van der Waals surface area contributed by atoms with Crippen molar-refractivity contribution in [1.82, 2.24) is 19.5 Å². The SMILES string of the molecule is Nc1ncnc2c1ncn2[C@@H]1O[C@H](CO)[C@@H](OP(=O)(O)O)[C@@]1(N)O. The van der Waals surface area contributed by atoms with Crippen molar-refractivity contribution in [3.05, 3.63) is 12.7 Å². The van der Waals surface area contributed by atoms with Crippen LogP contribution in [0.5, 0.6) is 0 Å². The van der Waals surface area contributed by atoms with Gasteiger partial charge in [-0.1, -0.05) is 0 Å². The van der Waals surface area contributed by atoms with Crippen LogP contribution in [0.3, 0.4) is 0 Å². The van der Waals surface area contributed by atoms with Crippen LogP contribution in [0.1, 0.15) is 6.23 Å². The van der Waals surface area contributed by atoms with E-state index in [1.165, 1.54) is 10.9 Å². The number of phosphoric ester groups is 1. The van der Waals surface area contributed by atoms with Gasteiger partial charge < -0.3 is 30.5 Å². The van der Waals surface area contributed by atoms with Crippen LogP contribution in [0, 0.1) is 0 Å².